The number of hydrogen-bond donors (Lipinski definition) is 2. The summed E-state index contributed by atoms with van der Waals surface area (Å²) in [5.74, 6) is -0.238. The molecule has 1 heterocycles. The zero-order chi connectivity index (χ0) is 17.3. The molecule has 0 spiro atoms. The molecular weight excluding hydrogens is 327 g/mol. The van der Waals surface area contributed by atoms with Crippen LogP contribution in [0.15, 0.2) is 24.3 Å². The van der Waals surface area contributed by atoms with Gasteiger partial charge in [-0.05, 0) is 50.3 Å². The van der Waals surface area contributed by atoms with Gasteiger partial charge in [-0.3, -0.25) is 9.78 Å². The first-order valence-corrected chi connectivity index (χ1v) is 9.37. The largest absolute Gasteiger partial charge is 0.395 e. The van der Waals surface area contributed by atoms with Gasteiger partial charge >= 0.3 is 0 Å². The van der Waals surface area contributed by atoms with Crippen molar-refractivity contribution in [1.82, 2.24) is 10.3 Å². The average Bonchev–Trinajstić information content (AvgIpc) is 3.39. The van der Waals surface area contributed by atoms with E-state index < -0.39 is 0 Å². The molecule has 2 atom stereocenters. The van der Waals surface area contributed by atoms with E-state index in [0.717, 1.165) is 18.5 Å². The fourth-order valence-corrected chi connectivity index (χ4v) is 3.43. The summed E-state index contributed by atoms with van der Waals surface area (Å²) in [4.78, 5) is 17.3. The fraction of sp³-hybridized carbons (Fsp3) is 0.444. The van der Waals surface area contributed by atoms with Crippen LogP contribution in [0.4, 0.5) is 4.39 Å². The van der Waals surface area contributed by atoms with Crippen LogP contribution in [0.5, 0.6) is 0 Å². The van der Waals surface area contributed by atoms with Crippen LogP contribution < -0.4 is 5.32 Å². The highest BCUT2D eigenvalue weighted by atomic mass is 32.2. The summed E-state index contributed by atoms with van der Waals surface area (Å²) < 4.78 is 13.7. The van der Waals surface area contributed by atoms with Crippen molar-refractivity contribution in [3.8, 4) is 0 Å². The zero-order valence-electron chi connectivity index (χ0n) is 13.8. The Morgan fingerprint density at radius 2 is 2.21 bits per heavy atom. The van der Waals surface area contributed by atoms with E-state index in [0.29, 0.717) is 22.4 Å². The molecule has 1 aromatic heterocycles. The molecule has 1 fully saturated rings. The highest BCUT2D eigenvalue weighted by Gasteiger charge is 2.27. The minimum absolute atomic E-state index is 0.0122. The van der Waals surface area contributed by atoms with Crippen LogP contribution in [0.3, 0.4) is 0 Å². The molecule has 2 N–H and O–H groups in total. The number of aromatic nitrogens is 1. The standard InChI is InChI=1S/C18H21FN2O2S/c1-10(17(9-22)24-2)20-18(23)14-8-16(11-3-4-11)21-15-6-5-12(19)7-13(14)15/h5-8,10-11,17,22H,3-4,9H2,1-2H3,(H,20,23). The fourth-order valence-electron chi connectivity index (χ4n) is 2.81. The number of carbonyl (C=O) groups is 1. The van der Waals surface area contributed by atoms with E-state index in [9.17, 15) is 14.3 Å². The molecule has 6 heteroatoms. The third kappa shape index (κ3) is 3.54. The second-order valence-electron chi connectivity index (χ2n) is 6.25. The SMILES string of the molecule is CSC(CO)C(C)NC(=O)c1cc(C2CC2)nc2ccc(F)cc12. The second-order valence-corrected chi connectivity index (χ2v) is 7.33. The number of carbonyl (C=O) groups excluding carboxylic acids is 1. The summed E-state index contributed by atoms with van der Waals surface area (Å²) in [5, 5.41) is 12.7. The number of amides is 1. The number of nitrogens with one attached hydrogen (secondary N) is 1. The smallest absolute Gasteiger partial charge is 0.252 e. The molecule has 128 valence electrons. The maximum atomic E-state index is 13.7. The number of nitrogens with zero attached hydrogens (tertiary/aromatic N) is 1. The zero-order valence-corrected chi connectivity index (χ0v) is 14.6. The Kier molecular flexibility index (Phi) is 5.06. The molecule has 24 heavy (non-hydrogen) atoms. The van der Waals surface area contributed by atoms with Crippen molar-refractivity contribution in [1.29, 1.82) is 0 Å². The molecule has 1 aliphatic carbocycles. The van der Waals surface area contributed by atoms with E-state index in [4.69, 9.17) is 0 Å². The number of rotatable bonds is 6. The molecule has 1 amide bonds. The van der Waals surface area contributed by atoms with Crippen molar-refractivity contribution < 1.29 is 14.3 Å². The van der Waals surface area contributed by atoms with Gasteiger partial charge < -0.3 is 10.4 Å². The lowest BCUT2D eigenvalue weighted by atomic mass is 10.0. The van der Waals surface area contributed by atoms with Crippen LogP contribution in [0.1, 0.15) is 41.7 Å². The van der Waals surface area contributed by atoms with E-state index in [2.05, 4.69) is 10.3 Å². The summed E-state index contributed by atoms with van der Waals surface area (Å²) in [6, 6.07) is 5.94. The highest BCUT2D eigenvalue weighted by Crippen LogP contribution is 2.40. The van der Waals surface area contributed by atoms with Crippen LogP contribution in [-0.2, 0) is 0 Å². The quantitative estimate of drug-likeness (QED) is 0.842. The molecule has 0 saturated heterocycles. The minimum atomic E-state index is -0.386. The lowest BCUT2D eigenvalue weighted by Gasteiger charge is -2.21. The van der Waals surface area contributed by atoms with Crippen molar-refractivity contribution in [2.24, 2.45) is 0 Å². The molecule has 2 unspecified atom stereocenters. The van der Waals surface area contributed by atoms with Gasteiger partial charge in [0.25, 0.3) is 5.91 Å². The molecule has 2 aromatic rings. The maximum Gasteiger partial charge on any atom is 0.252 e. The van der Waals surface area contributed by atoms with Gasteiger partial charge in [-0.15, -0.1) is 0 Å². The Bertz CT molecular complexity index is 760. The van der Waals surface area contributed by atoms with E-state index in [1.54, 1.807) is 12.1 Å². The third-order valence-electron chi connectivity index (χ3n) is 4.43. The predicted molar refractivity (Wildman–Crippen MR) is 95.0 cm³/mol. The van der Waals surface area contributed by atoms with E-state index >= 15 is 0 Å². The van der Waals surface area contributed by atoms with Gasteiger partial charge in [0.15, 0.2) is 0 Å². The molecule has 0 aliphatic heterocycles. The molecule has 4 nitrogen and oxygen atoms in total. The van der Waals surface area contributed by atoms with Crippen molar-refractivity contribution in [2.45, 2.75) is 37.0 Å². The number of thioether (sulfide) groups is 1. The van der Waals surface area contributed by atoms with Crippen LogP contribution >= 0.6 is 11.8 Å². The summed E-state index contributed by atoms with van der Waals surface area (Å²) >= 11 is 1.50. The third-order valence-corrected chi connectivity index (χ3v) is 5.59. The van der Waals surface area contributed by atoms with Gasteiger partial charge in [0.05, 0.1) is 17.7 Å². The van der Waals surface area contributed by atoms with Gasteiger partial charge in [-0.25, -0.2) is 4.39 Å². The topological polar surface area (TPSA) is 62.2 Å². The highest BCUT2D eigenvalue weighted by molar-refractivity contribution is 7.99. The summed E-state index contributed by atoms with van der Waals surface area (Å²) in [7, 11) is 0. The number of pyridine rings is 1. The first-order valence-electron chi connectivity index (χ1n) is 8.08. The van der Waals surface area contributed by atoms with Gasteiger partial charge in [0.1, 0.15) is 5.82 Å². The van der Waals surface area contributed by atoms with Crippen LogP contribution in [0, 0.1) is 5.82 Å². The van der Waals surface area contributed by atoms with Gasteiger partial charge in [0, 0.05) is 28.3 Å². The number of aliphatic hydroxyl groups excluding tert-OH is 1. The number of fused-ring (bicyclic) bond motifs is 1. The predicted octanol–water partition coefficient (Wildman–Crippen LogP) is 3.09. The number of benzene rings is 1. The molecular formula is C18H21FN2O2S. The Labute approximate surface area is 144 Å². The van der Waals surface area contributed by atoms with Crippen molar-refractivity contribution in [3.63, 3.8) is 0 Å². The molecule has 0 bridgehead atoms. The Morgan fingerprint density at radius 3 is 2.83 bits per heavy atom. The number of halogens is 1. The minimum Gasteiger partial charge on any atom is -0.395 e. The van der Waals surface area contributed by atoms with E-state index in [1.165, 1.54) is 23.9 Å². The van der Waals surface area contributed by atoms with Crippen LogP contribution in [-0.4, -0.2) is 40.2 Å². The number of hydrogen-bond acceptors (Lipinski definition) is 4. The Morgan fingerprint density at radius 1 is 1.46 bits per heavy atom. The molecule has 1 saturated carbocycles. The molecule has 0 radical (unpaired) electrons. The van der Waals surface area contributed by atoms with Crippen molar-refractivity contribution in [3.05, 3.63) is 41.3 Å². The van der Waals surface area contributed by atoms with Gasteiger partial charge in [0.2, 0.25) is 0 Å². The summed E-state index contributed by atoms with van der Waals surface area (Å²) in [5.41, 5.74) is 1.99. The summed E-state index contributed by atoms with van der Waals surface area (Å²) in [6.07, 6.45) is 4.05. The molecule has 1 aliphatic rings. The monoisotopic (exact) mass is 348 g/mol. The lowest BCUT2D eigenvalue weighted by Crippen LogP contribution is -2.41. The van der Waals surface area contributed by atoms with Crippen LogP contribution in [0.2, 0.25) is 0 Å². The van der Waals surface area contributed by atoms with E-state index in [1.807, 2.05) is 13.2 Å². The Balaban J connectivity index is 1.97. The van der Waals surface area contributed by atoms with E-state index in [-0.39, 0.29) is 29.6 Å². The lowest BCUT2D eigenvalue weighted by molar-refractivity contribution is 0.0937. The first kappa shape index (κ1) is 17.2. The normalized spacial score (nSPS) is 16.8. The molecule has 1 aromatic carbocycles. The van der Waals surface area contributed by atoms with Gasteiger partial charge in [-0.1, -0.05) is 0 Å². The van der Waals surface area contributed by atoms with Crippen molar-refractivity contribution >= 4 is 28.6 Å². The van der Waals surface area contributed by atoms with Crippen LogP contribution in [0.25, 0.3) is 10.9 Å². The second kappa shape index (κ2) is 7.07. The maximum absolute atomic E-state index is 13.7. The average molecular weight is 348 g/mol. The van der Waals surface area contributed by atoms with Crippen molar-refractivity contribution in [2.75, 3.05) is 12.9 Å². The number of aliphatic hydroxyl groups is 1. The Hall–Kier alpha value is -1.66. The first-order chi connectivity index (χ1) is 11.5. The molecule has 3 rings (SSSR count). The summed E-state index contributed by atoms with van der Waals surface area (Å²) in [6.45, 7) is 1.85. The van der Waals surface area contributed by atoms with Gasteiger partial charge in [-0.2, -0.15) is 11.8 Å².